The van der Waals surface area contributed by atoms with Gasteiger partial charge in [-0.25, -0.2) is 0 Å². The molecule has 0 unspecified atom stereocenters. The highest BCUT2D eigenvalue weighted by Crippen LogP contribution is 2.21. The summed E-state index contributed by atoms with van der Waals surface area (Å²) in [5.74, 6) is 5.09. The van der Waals surface area contributed by atoms with Gasteiger partial charge in [-0.1, -0.05) is 15.9 Å². The number of aromatic nitrogens is 1. The van der Waals surface area contributed by atoms with Gasteiger partial charge in [-0.05, 0) is 18.2 Å². The Bertz CT molecular complexity index is 459. The van der Waals surface area contributed by atoms with Crippen molar-refractivity contribution in [2.75, 3.05) is 0 Å². The van der Waals surface area contributed by atoms with Gasteiger partial charge in [0.15, 0.2) is 0 Å². The molecule has 66 valence electrons. The third-order valence-corrected chi connectivity index (χ3v) is 2.38. The Morgan fingerprint density at radius 1 is 1.46 bits per heavy atom. The van der Waals surface area contributed by atoms with Crippen LogP contribution in [0.15, 0.2) is 34.0 Å². The van der Waals surface area contributed by atoms with Crippen LogP contribution in [0.3, 0.4) is 0 Å². The fraction of sp³-hybridized carbons (Fsp3) is 0. The summed E-state index contributed by atoms with van der Waals surface area (Å²) in [7, 11) is 0. The van der Waals surface area contributed by atoms with Crippen molar-refractivity contribution in [1.29, 1.82) is 0 Å². The van der Waals surface area contributed by atoms with Crippen LogP contribution in [0.1, 0.15) is 5.56 Å². The van der Waals surface area contributed by atoms with Gasteiger partial charge in [-0.3, -0.25) is 0 Å². The van der Waals surface area contributed by atoms with Crippen LogP contribution in [0.5, 0.6) is 0 Å². The Morgan fingerprint density at radius 3 is 3.08 bits per heavy atom. The molecule has 2 rings (SSSR count). The van der Waals surface area contributed by atoms with E-state index in [0.717, 1.165) is 20.9 Å². The SMILES string of the molecule is NN=Cc1c[nH]c2ccc(Br)cc12. The largest absolute Gasteiger partial charge is 0.361 e. The van der Waals surface area contributed by atoms with E-state index in [1.54, 1.807) is 6.21 Å². The van der Waals surface area contributed by atoms with Crippen molar-refractivity contribution in [3.63, 3.8) is 0 Å². The topological polar surface area (TPSA) is 54.2 Å². The number of hydrogen-bond acceptors (Lipinski definition) is 2. The normalized spacial score (nSPS) is 11.5. The molecule has 0 saturated carbocycles. The molecule has 0 atom stereocenters. The van der Waals surface area contributed by atoms with Crippen LogP contribution in [0, 0.1) is 0 Å². The van der Waals surface area contributed by atoms with E-state index in [1.165, 1.54) is 0 Å². The molecule has 3 nitrogen and oxygen atoms in total. The minimum Gasteiger partial charge on any atom is -0.361 e. The second-order valence-electron chi connectivity index (χ2n) is 2.71. The number of fused-ring (bicyclic) bond motifs is 1. The smallest absolute Gasteiger partial charge is 0.0559 e. The van der Waals surface area contributed by atoms with Gasteiger partial charge in [0.1, 0.15) is 0 Å². The first-order chi connectivity index (χ1) is 6.31. The molecule has 0 amide bonds. The van der Waals surface area contributed by atoms with Crippen LogP contribution in [0.25, 0.3) is 10.9 Å². The zero-order valence-corrected chi connectivity index (χ0v) is 8.38. The Labute approximate surface area is 83.8 Å². The maximum Gasteiger partial charge on any atom is 0.0559 e. The Morgan fingerprint density at radius 2 is 2.31 bits per heavy atom. The lowest BCUT2D eigenvalue weighted by Gasteiger charge is -1.92. The first kappa shape index (κ1) is 8.31. The standard InChI is InChI=1S/C9H8BrN3/c10-7-1-2-9-8(3-7)6(4-12-9)5-13-11/h1-5,12H,11H2. The number of hydrazone groups is 1. The molecule has 0 aliphatic carbocycles. The summed E-state index contributed by atoms with van der Waals surface area (Å²) in [5.41, 5.74) is 2.08. The van der Waals surface area contributed by atoms with E-state index >= 15 is 0 Å². The zero-order chi connectivity index (χ0) is 9.26. The van der Waals surface area contributed by atoms with E-state index in [0.29, 0.717) is 0 Å². The number of nitrogens with one attached hydrogen (secondary N) is 1. The van der Waals surface area contributed by atoms with Crippen LogP contribution in [0.2, 0.25) is 0 Å². The zero-order valence-electron chi connectivity index (χ0n) is 6.79. The summed E-state index contributed by atoms with van der Waals surface area (Å²) in [4.78, 5) is 3.13. The van der Waals surface area contributed by atoms with E-state index < -0.39 is 0 Å². The van der Waals surface area contributed by atoms with Crippen LogP contribution >= 0.6 is 15.9 Å². The van der Waals surface area contributed by atoms with E-state index in [9.17, 15) is 0 Å². The summed E-state index contributed by atoms with van der Waals surface area (Å²) in [6, 6.07) is 6.03. The van der Waals surface area contributed by atoms with Gasteiger partial charge >= 0.3 is 0 Å². The molecule has 1 aromatic carbocycles. The summed E-state index contributed by atoms with van der Waals surface area (Å²) in [5, 5.41) is 4.61. The van der Waals surface area contributed by atoms with Crippen molar-refractivity contribution in [2.45, 2.75) is 0 Å². The second-order valence-corrected chi connectivity index (χ2v) is 3.63. The molecular weight excluding hydrogens is 230 g/mol. The third-order valence-electron chi connectivity index (χ3n) is 1.89. The number of aromatic amines is 1. The van der Waals surface area contributed by atoms with Gasteiger partial charge in [0.25, 0.3) is 0 Å². The van der Waals surface area contributed by atoms with Crippen molar-refractivity contribution in [3.8, 4) is 0 Å². The Balaban J connectivity index is 2.71. The number of benzene rings is 1. The number of hydrogen-bond donors (Lipinski definition) is 2. The molecule has 0 aliphatic heterocycles. The van der Waals surface area contributed by atoms with Crippen molar-refractivity contribution in [2.24, 2.45) is 10.9 Å². The predicted molar refractivity (Wildman–Crippen MR) is 57.8 cm³/mol. The molecule has 1 heterocycles. The molecular formula is C9H8BrN3. The van der Waals surface area contributed by atoms with E-state index in [2.05, 4.69) is 26.0 Å². The summed E-state index contributed by atoms with van der Waals surface area (Å²) >= 11 is 3.41. The monoisotopic (exact) mass is 237 g/mol. The molecule has 4 heteroatoms. The minimum atomic E-state index is 0.999. The second kappa shape index (κ2) is 3.22. The van der Waals surface area contributed by atoms with Crippen molar-refractivity contribution in [3.05, 3.63) is 34.4 Å². The number of H-pyrrole nitrogens is 1. The van der Waals surface area contributed by atoms with Crippen molar-refractivity contribution >= 4 is 33.0 Å². The molecule has 0 spiro atoms. The van der Waals surface area contributed by atoms with Crippen LogP contribution in [0.4, 0.5) is 0 Å². The van der Waals surface area contributed by atoms with Gasteiger partial charge in [-0.15, -0.1) is 0 Å². The lowest BCUT2D eigenvalue weighted by atomic mass is 10.2. The lowest BCUT2D eigenvalue weighted by Crippen LogP contribution is -1.83. The fourth-order valence-electron chi connectivity index (χ4n) is 1.30. The maximum atomic E-state index is 5.09. The number of nitrogens with zero attached hydrogens (tertiary/aromatic N) is 1. The summed E-state index contributed by atoms with van der Waals surface area (Å²) in [6.45, 7) is 0. The lowest BCUT2D eigenvalue weighted by molar-refractivity contribution is 1.26. The summed E-state index contributed by atoms with van der Waals surface area (Å²) < 4.78 is 1.05. The van der Waals surface area contributed by atoms with E-state index in [4.69, 9.17) is 5.84 Å². The molecule has 0 fully saturated rings. The number of rotatable bonds is 1. The van der Waals surface area contributed by atoms with Crippen molar-refractivity contribution < 1.29 is 0 Å². The Kier molecular flexibility index (Phi) is 2.06. The average Bonchev–Trinajstić information content (AvgIpc) is 2.49. The predicted octanol–water partition coefficient (Wildman–Crippen LogP) is 2.22. The van der Waals surface area contributed by atoms with Gasteiger partial charge in [-0.2, -0.15) is 5.10 Å². The molecule has 0 saturated heterocycles. The average molecular weight is 238 g/mol. The van der Waals surface area contributed by atoms with Crippen LogP contribution in [-0.4, -0.2) is 11.2 Å². The highest BCUT2D eigenvalue weighted by Gasteiger charge is 2.00. The fourth-order valence-corrected chi connectivity index (χ4v) is 1.66. The first-order valence-electron chi connectivity index (χ1n) is 3.81. The molecule has 3 N–H and O–H groups in total. The number of halogens is 1. The van der Waals surface area contributed by atoms with E-state index in [1.807, 2.05) is 24.4 Å². The van der Waals surface area contributed by atoms with Gasteiger partial charge in [0, 0.05) is 27.1 Å². The maximum absolute atomic E-state index is 5.09. The molecule has 0 bridgehead atoms. The van der Waals surface area contributed by atoms with E-state index in [-0.39, 0.29) is 0 Å². The van der Waals surface area contributed by atoms with Crippen LogP contribution in [-0.2, 0) is 0 Å². The molecule has 0 aliphatic rings. The number of nitrogens with two attached hydrogens (primary N) is 1. The molecule has 1 aromatic heterocycles. The summed E-state index contributed by atoms with van der Waals surface area (Å²) in [6.07, 6.45) is 3.51. The first-order valence-corrected chi connectivity index (χ1v) is 4.60. The molecule has 13 heavy (non-hydrogen) atoms. The highest BCUT2D eigenvalue weighted by molar-refractivity contribution is 9.10. The van der Waals surface area contributed by atoms with Gasteiger partial charge in [0.2, 0.25) is 0 Å². The van der Waals surface area contributed by atoms with Gasteiger partial charge < -0.3 is 10.8 Å². The third kappa shape index (κ3) is 1.45. The van der Waals surface area contributed by atoms with Gasteiger partial charge in [0.05, 0.1) is 6.21 Å². The van der Waals surface area contributed by atoms with Crippen molar-refractivity contribution in [1.82, 2.24) is 4.98 Å². The van der Waals surface area contributed by atoms with Crippen LogP contribution < -0.4 is 5.84 Å². The molecule has 0 radical (unpaired) electrons. The minimum absolute atomic E-state index is 0.999. The highest BCUT2D eigenvalue weighted by atomic mass is 79.9. The Hall–Kier alpha value is -1.29. The quantitative estimate of drug-likeness (QED) is 0.446. The molecule has 2 aromatic rings.